The molecule has 4 rings (SSSR count). The topological polar surface area (TPSA) is 87.5 Å². The largest absolute Gasteiger partial charge is 0.366 e. The molecular weight excluding hydrogens is 474 g/mol. The Balaban J connectivity index is 1.61. The SMILES string of the molecule is CC(=O)NCC(=O)N1CCN(c2cnn(-c3ccccc3)c(=O)c2Sc2ccc(Cl)cc2)CC1. The highest BCUT2D eigenvalue weighted by molar-refractivity contribution is 7.99. The number of rotatable bonds is 6. The van der Waals surface area contributed by atoms with Gasteiger partial charge in [0.05, 0.1) is 24.1 Å². The van der Waals surface area contributed by atoms with Crippen LogP contribution in [-0.2, 0) is 9.59 Å². The van der Waals surface area contributed by atoms with E-state index in [9.17, 15) is 14.4 Å². The van der Waals surface area contributed by atoms with Gasteiger partial charge in [0.25, 0.3) is 5.56 Å². The summed E-state index contributed by atoms with van der Waals surface area (Å²) in [6.45, 7) is 3.46. The summed E-state index contributed by atoms with van der Waals surface area (Å²) in [5.41, 5.74) is 1.20. The van der Waals surface area contributed by atoms with E-state index in [1.807, 2.05) is 42.5 Å². The number of carbonyl (C=O) groups excluding carboxylic acids is 2. The summed E-state index contributed by atoms with van der Waals surface area (Å²) < 4.78 is 1.40. The van der Waals surface area contributed by atoms with Crippen LogP contribution in [0.5, 0.6) is 0 Å². The first-order valence-corrected chi connectivity index (χ1v) is 12.0. The van der Waals surface area contributed by atoms with Crippen molar-refractivity contribution in [3.63, 3.8) is 0 Å². The van der Waals surface area contributed by atoms with Crippen molar-refractivity contribution < 1.29 is 9.59 Å². The van der Waals surface area contributed by atoms with Gasteiger partial charge in [0, 0.05) is 43.0 Å². The third-order valence-electron chi connectivity index (χ3n) is 5.41. The number of amides is 2. The van der Waals surface area contributed by atoms with Crippen LogP contribution in [0.2, 0.25) is 5.02 Å². The molecule has 0 atom stereocenters. The number of hydrogen-bond donors (Lipinski definition) is 1. The van der Waals surface area contributed by atoms with Crippen molar-refractivity contribution in [2.75, 3.05) is 37.6 Å². The summed E-state index contributed by atoms with van der Waals surface area (Å²) in [5.74, 6) is -0.357. The molecule has 1 N–H and O–H groups in total. The molecule has 3 aromatic rings. The number of nitrogens with one attached hydrogen (secondary N) is 1. The van der Waals surface area contributed by atoms with Crippen molar-refractivity contribution in [3.8, 4) is 5.69 Å². The zero-order chi connectivity index (χ0) is 24.1. The smallest absolute Gasteiger partial charge is 0.287 e. The molecule has 1 aliphatic heterocycles. The highest BCUT2D eigenvalue weighted by Crippen LogP contribution is 2.33. The van der Waals surface area contributed by atoms with Crippen LogP contribution >= 0.6 is 23.4 Å². The maximum atomic E-state index is 13.5. The molecule has 0 bridgehead atoms. The summed E-state index contributed by atoms with van der Waals surface area (Å²) >= 11 is 7.40. The minimum Gasteiger partial charge on any atom is -0.366 e. The monoisotopic (exact) mass is 497 g/mol. The number of halogens is 1. The maximum absolute atomic E-state index is 13.5. The first-order chi connectivity index (χ1) is 16.4. The molecule has 0 aliphatic carbocycles. The Morgan fingerprint density at radius 2 is 1.71 bits per heavy atom. The van der Waals surface area contributed by atoms with Crippen LogP contribution < -0.4 is 15.8 Å². The number of hydrogen-bond acceptors (Lipinski definition) is 6. The van der Waals surface area contributed by atoms with E-state index in [2.05, 4.69) is 15.3 Å². The molecular formula is C24H24ClN5O3S. The van der Waals surface area contributed by atoms with Crippen LogP contribution in [0.1, 0.15) is 6.92 Å². The van der Waals surface area contributed by atoms with E-state index in [0.29, 0.717) is 41.8 Å². The van der Waals surface area contributed by atoms with E-state index in [0.717, 1.165) is 10.6 Å². The Morgan fingerprint density at radius 1 is 1.03 bits per heavy atom. The van der Waals surface area contributed by atoms with Gasteiger partial charge in [-0.2, -0.15) is 9.78 Å². The molecule has 2 aromatic carbocycles. The Hall–Kier alpha value is -3.30. The summed E-state index contributed by atoms with van der Waals surface area (Å²) in [6.07, 6.45) is 1.71. The molecule has 2 amide bonds. The average molecular weight is 498 g/mol. The second-order valence-corrected chi connectivity index (χ2v) is 9.27. The Labute approximate surface area is 206 Å². The molecule has 34 heavy (non-hydrogen) atoms. The number of carbonyl (C=O) groups is 2. The van der Waals surface area contributed by atoms with E-state index in [-0.39, 0.29) is 23.9 Å². The number of piperazine rings is 1. The predicted molar refractivity (Wildman–Crippen MR) is 133 cm³/mol. The van der Waals surface area contributed by atoms with Crippen LogP contribution in [-0.4, -0.2) is 59.2 Å². The minimum absolute atomic E-state index is 0.0122. The number of benzene rings is 2. The molecule has 0 saturated carbocycles. The van der Waals surface area contributed by atoms with Gasteiger partial charge in [0.1, 0.15) is 4.90 Å². The lowest BCUT2D eigenvalue weighted by Crippen LogP contribution is -2.51. The Bertz CT molecular complexity index is 1230. The van der Waals surface area contributed by atoms with Gasteiger partial charge in [-0.05, 0) is 36.4 Å². The van der Waals surface area contributed by atoms with Crippen LogP contribution in [0, 0.1) is 0 Å². The van der Waals surface area contributed by atoms with Gasteiger partial charge in [0.2, 0.25) is 11.8 Å². The normalized spacial score (nSPS) is 13.6. The van der Waals surface area contributed by atoms with Crippen molar-refractivity contribution in [1.29, 1.82) is 0 Å². The van der Waals surface area contributed by atoms with E-state index >= 15 is 0 Å². The molecule has 0 unspecified atom stereocenters. The third kappa shape index (κ3) is 5.60. The number of aromatic nitrogens is 2. The maximum Gasteiger partial charge on any atom is 0.287 e. The summed E-state index contributed by atoms with van der Waals surface area (Å²) in [5, 5.41) is 7.61. The van der Waals surface area contributed by atoms with E-state index in [4.69, 9.17) is 11.6 Å². The predicted octanol–water partition coefficient (Wildman–Crippen LogP) is 2.82. The van der Waals surface area contributed by atoms with Crippen molar-refractivity contribution in [3.05, 3.63) is 76.2 Å². The van der Waals surface area contributed by atoms with Gasteiger partial charge >= 0.3 is 0 Å². The van der Waals surface area contributed by atoms with Gasteiger partial charge in [-0.15, -0.1) is 0 Å². The summed E-state index contributed by atoms with van der Waals surface area (Å²) in [6, 6.07) is 16.6. The van der Waals surface area contributed by atoms with E-state index in [1.165, 1.54) is 23.4 Å². The number of para-hydroxylation sites is 1. The second-order valence-electron chi connectivity index (χ2n) is 7.74. The molecule has 1 aromatic heterocycles. The lowest BCUT2D eigenvalue weighted by Gasteiger charge is -2.36. The van der Waals surface area contributed by atoms with Gasteiger partial charge in [0.15, 0.2) is 0 Å². The van der Waals surface area contributed by atoms with Crippen molar-refractivity contribution in [2.24, 2.45) is 0 Å². The van der Waals surface area contributed by atoms with Gasteiger partial charge in [-0.3, -0.25) is 14.4 Å². The lowest BCUT2D eigenvalue weighted by atomic mass is 10.2. The molecule has 10 heteroatoms. The molecule has 0 radical (unpaired) electrons. The van der Waals surface area contributed by atoms with Crippen LogP contribution in [0.3, 0.4) is 0 Å². The number of nitrogens with zero attached hydrogens (tertiary/aromatic N) is 4. The molecule has 1 fully saturated rings. The van der Waals surface area contributed by atoms with Gasteiger partial charge < -0.3 is 15.1 Å². The molecule has 1 aliphatic rings. The third-order valence-corrected chi connectivity index (χ3v) is 6.76. The first kappa shape index (κ1) is 23.8. The van der Waals surface area contributed by atoms with Crippen LogP contribution in [0.4, 0.5) is 5.69 Å². The average Bonchev–Trinajstić information content (AvgIpc) is 2.85. The highest BCUT2D eigenvalue weighted by atomic mass is 35.5. The van der Waals surface area contributed by atoms with E-state index < -0.39 is 0 Å². The summed E-state index contributed by atoms with van der Waals surface area (Å²) in [7, 11) is 0. The Kier molecular flexibility index (Phi) is 7.54. The molecule has 176 valence electrons. The van der Waals surface area contributed by atoms with Gasteiger partial charge in [-0.25, -0.2) is 0 Å². The molecule has 0 spiro atoms. The fourth-order valence-electron chi connectivity index (χ4n) is 3.63. The minimum atomic E-state index is -0.235. The molecule has 8 nitrogen and oxygen atoms in total. The Morgan fingerprint density at radius 3 is 2.35 bits per heavy atom. The van der Waals surface area contributed by atoms with Crippen molar-refractivity contribution >= 4 is 40.9 Å². The first-order valence-electron chi connectivity index (χ1n) is 10.8. The van der Waals surface area contributed by atoms with Crippen molar-refractivity contribution in [1.82, 2.24) is 20.0 Å². The number of anilines is 1. The lowest BCUT2D eigenvalue weighted by molar-refractivity contribution is -0.132. The standard InChI is InChI=1S/C24H24ClN5O3S/c1-17(31)26-16-22(32)29-13-11-28(12-14-29)21-15-27-30(19-5-3-2-4-6-19)24(33)23(21)34-20-9-7-18(25)8-10-20/h2-10,15H,11-14,16H2,1H3,(H,26,31). The van der Waals surface area contributed by atoms with Crippen LogP contribution in [0.15, 0.2) is 75.4 Å². The molecule has 1 saturated heterocycles. The van der Waals surface area contributed by atoms with E-state index in [1.54, 1.807) is 23.2 Å². The highest BCUT2D eigenvalue weighted by Gasteiger charge is 2.25. The zero-order valence-corrected chi connectivity index (χ0v) is 20.2. The quantitative estimate of drug-likeness (QED) is 0.563. The zero-order valence-electron chi connectivity index (χ0n) is 18.6. The molecule has 2 heterocycles. The van der Waals surface area contributed by atoms with Crippen molar-refractivity contribution in [2.45, 2.75) is 16.7 Å². The fraction of sp³-hybridized carbons (Fsp3) is 0.250. The second kappa shape index (κ2) is 10.8. The fourth-order valence-corrected chi connectivity index (χ4v) is 4.73. The summed E-state index contributed by atoms with van der Waals surface area (Å²) in [4.78, 5) is 42.2. The van der Waals surface area contributed by atoms with Gasteiger partial charge in [-0.1, -0.05) is 41.6 Å². The van der Waals surface area contributed by atoms with Crippen LogP contribution in [0.25, 0.3) is 5.69 Å².